The van der Waals surface area contributed by atoms with Gasteiger partial charge >= 0.3 is 0 Å². The number of fused-ring (bicyclic) bond motifs is 1. The fourth-order valence-corrected chi connectivity index (χ4v) is 2.46. The minimum atomic E-state index is -0.117. The molecular weight excluding hydrogens is 294 g/mol. The normalized spacial score (nSPS) is 15.8. The van der Waals surface area contributed by atoms with E-state index in [1.54, 1.807) is 7.11 Å². The van der Waals surface area contributed by atoms with Crippen LogP contribution in [-0.4, -0.2) is 25.7 Å². The molecule has 1 amide bonds. The van der Waals surface area contributed by atoms with E-state index in [1.165, 1.54) is 0 Å². The van der Waals surface area contributed by atoms with Gasteiger partial charge in [-0.1, -0.05) is 24.3 Å². The van der Waals surface area contributed by atoms with Crippen LogP contribution in [0.5, 0.6) is 17.2 Å². The van der Waals surface area contributed by atoms with Crippen LogP contribution in [0.2, 0.25) is 0 Å². The maximum absolute atomic E-state index is 12.1. The molecule has 0 aromatic heterocycles. The molecule has 2 aromatic carbocycles. The molecule has 0 saturated carbocycles. The Kier molecular flexibility index (Phi) is 4.66. The third-order valence-electron chi connectivity index (χ3n) is 3.64. The first-order valence-corrected chi connectivity index (χ1v) is 7.57. The molecule has 2 aromatic rings. The summed E-state index contributed by atoms with van der Waals surface area (Å²) in [4.78, 5) is 12.1. The summed E-state index contributed by atoms with van der Waals surface area (Å²) in [7, 11) is 1.58. The number of carbonyl (C=O) groups excluding carboxylic acids is 1. The highest BCUT2D eigenvalue weighted by atomic mass is 16.6. The highest BCUT2D eigenvalue weighted by Crippen LogP contribution is 2.32. The van der Waals surface area contributed by atoms with Crippen LogP contribution in [0.4, 0.5) is 5.69 Å². The molecule has 3 rings (SSSR count). The lowest BCUT2D eigenvalue weighted by molar-refractivity contribution is -0.116. The van der Waals surface area contributed by atoms with Crippen LogP contribution in [0.15, 0.2) is 48.5 Å². The molecule has 0 fully saturated rings. The van der Waals surface area contributed by atoms with Crippen molar-refractivity contribution >= 4 is 11.6 Å². The number of hydrogen-bond acceptors (Lipinski definition) is 4. The summed E-state index contributed by atoms with van der Waals surface area (Å²) >= 11 is 0. The van der Waals surface area contributed by atoms with E-state index >= 15 is 0 Å². The molecule has 120 valence electrons. The number of carbonyl (C=O) groups is 1. The molecule has 0 unspecified atom stereocenters. The molecule has 0 radical (unpaired) electrons. The molecule has 5 heteroatoms. The number of benzene rings is 2. The molecule has 0 bridgehead atoms. The number of rotatable bonds is 5. The van der Waals surface area contributed by atoms with Crippen LogP contribution in [0.25, 0.3) is 0 Å². The van der Waals surface area contributed by atoms with Gasteiger partial charge in [0.15, 0.2) is 11.5 Å². The van der Waals surface area contributed by atoms with Crippen LogP contribution in [0, 0.1) is 0 Å². The van der Waals surface area contributed by atoms with Crippen molar-refractivity contribution in [2.75, 3.05) is 19.0 Å². The van der Waals surface area contributed by atoms with E-state index in [2.05, 4.69) is 5.32 Å². The lowest BCUT2D eigenvalue weighted by Gasteiger charge is -2.26. The van der Waals surface area contributed by atoms with Gasteiger partial charge in [0.1, 0.15) is 18.5 Å². The van der Waals surface area contributed by atoms with Gasteiger partial charge in [0.25, 0.3) is 0 Å². The zero-order chi connectivity index (χ0) is 16.1. The Labute approximate surface area is 135 Å². The Morgan fingerprint density at radius 3 is 2.74 bits per heavy atom. The smallest absolute Gasteiger partial charge is 0.224 e. The largest absolute Gasteiger partial charge is 0.495 e. The molecule has 1 heterocycles. The van der Waals surface area contributed by atoms with Crippen molar-refractivity contribution in [1.82, 2.24) is 0 Å². The van der Waals surface area contributed by atoms with Gasteiger partial charge in [-0.15, -0.1) is 0 Å². The number of anilines is 1. The molecule has 1 atom stereocenters. The average Bonchev–Trinajstić information content (AvgIpc) is 2.60. The molecule has 1 N–H and O–H groups in total. The third kappa shape index (κ3) is 3.74. The van der Waals surface area contributed by atoms with Gasteiger partial charge in [-0.25, -0.2) is 0 Å². The zero-order valence-corrected chi connectivity index (χ0v) is 13.0. The Morgan fingerprint density at radius 1 is 1.17 bits per heavy atom. The Balaban J connectivity index is 1.52. The fraction of sp³-hybridized carbons (Fsp3) is 0.278. The molecular formula is C18H19NO4. The van der Waals surface area contributed by atoms with Gasteiger partial charge in [-0.3, -0.25) is 4.79 Å². The van der Waals surface area contributed by atoms with Gasteiger partial charge in [0, 0.05) is 6.42 Å². The second kappa shape index (κ2) is 7.05. The molecule has 1 aliphatic rings. The van der Waals surface area contributed by atoms with E-state index in [-0.39, 0.29) is 12.0 Å². The van der Waals surface area contributed by atoms with Crippen LogP contribution < -0.4 is 19.5 Å². The zero-order valence-electron chi connectivity index (χ0n) is 13.0. The average molecular weight is 313 g/mol. The quantitative estimate of drug-likeness (QED) is 0.920. The number of para-hydroxylation sites is 4. The fourth-order valence-electron chi connectivity index (χ4n) is 2.46. The predicted octanol–water partition coefficient (Wildman–Crippen LogP) is 3.25. The van der Waals surface area contributed by atoms with Crippen molar-refractivity contribution in [2.24, 2.45) is 0 Å². The highest BCUT2D eigenvalue weighted by molar-refractivity contribution is 5.92. The Hall–Kier alpha value is -2.69. The van der Waals surface area contributed by atoms with Crippen LogP contribution in [0.3, 0.4) is 0 Å². The maximum atomic E-state index is 12.1. The SMILES string of the molecule is COc1ccccc1NC(=O)CC[C@@H]1COc2ccccc2O1. The van der Waals surface area contributed by atoms with E-state index < -0.39 is 0 Å². The standard InChI is InChI=1S/C18H19NO4/c1-21-15-7-3-2-6-14(15)19-18(20)11-10-13-12-22-16-8-4-5-9-17(16)23-13/h2-9,13H,10-12H2,1H3,(H,19,20)/t13-/m1/s1. The topological polar surface area (TPSA) is 56.8 Å². The van der Waals surface area contributed by atoms with Crippen molar-refractivity contribution in [2.45, 2.75) is 18.9 Å². The number of nitrogens with one attached hydrogen (secondary N) is 1. The third-order valence-corrected chi connectivity index (χ3v) is 3.64. The minimum absolute atomic E-state index is 0.0723. The molecule has 0 saturated heterocycles. The maximum Gasteiger partial charge on any atom is 0.224 e. The number of hydrogen-bond donors (Lipinski definition) is 1. The number of methoxy groups -OCH3 is 1. The summed E-state index contributed by atoms with van der Waals surface area (Å²) < 4.78 is 16.7. The van der Waals surface area contributed by atoms with E-state index in [0.29, 0.717) is 30.9 Å². The Morgan fingerprint density at radius 2 is 1.91 bits per heavy atom. The van der Waals surface area contributed by atoms with E-state index in [9.17, 15) is 4.79 Å². The highest BCUT2D eigenvalue weighted by Gasteiger charge is 2.21. The van der Waals surface area contributed by atoms with Gasteiger partial charge in [0.2, 0.25) is 5.91 Å². The summed E-state index contributed by atoms with van der Waals surface area (Å²) in [5.74, 6) is 2.06. The first-order valence-electron chi connectivity index (χ1n) is 7.57. The molecule has 5 nitrogen and oxygen atoms in total. The first kappa shape index (κ1) is 15.2. The molecule has 0 aliphatic carbocycles. The van der Waals surface area contributed by atoms with Gasteiger partial charge < -0.3 is 19.5 Å². The Bertz CT molecular complexity index is 686. The van der Waals surface area contributed by atoms with E-state index in [4.69, 9.17) is 14.2 Å². The van der Waals surface area contributed by atoms with Crippen LogP contribution in [0.1, 0.15) is 12.8 Å². The summed E-state index contributed by atoms with van der Waals surface area (Å²) in [6, 6.07) is 14.9. The molecule has 23 heavy (non-hydrogen) atoms. The summed E-state index contributed by atoms with van der Waals surface area (Å²) in [6.45, 7) is 0.457. The summed E-state index contributed by atoms with van der Waals surface area (Å²) in [5, 5.41) is 2.86. The lowest BCUT2D eigenvalue weighted by atomic mass is 10.1. The van der Waals surface area contributed by atoms with Crippen molar-refractivity contribution in [1.29, 1.82) is 0 Å². The van der Waals surface area contributed by atoms with E-state index in [1.807, 2.05) is 48.5 Å². The summed E-state index contributed by atoms with van der Waals surface area (Å²) in [5.41, 5.74) is 0.672. The number of amides is 1. The second-order valence-electron chi connectivity index (χ2n) is 5.28. The lowest BCUT2D eigenvalue weighted by Crippen LogP contribution is -2.30. The number of ether oxygens (including phenoxy) is 3. The van der Waals surface area contributed by atoms with Crippen LogP contribution >= 0.6 is 0 Å². The van der Waals surface area contributed by atoms with Crippen molar-refractivity contribution in [3.05, 3.63) is 48.5 Å². The van der Waals surface area contributed by atoms with Crippen molar-refractivity contribution < 1.29 is 19.0 Å². The van der Waals surface area contributed by atoms with Crippen molar-refractivity contribution in [3.8, 4) is 17.2 Å². The van der Waals surface area contributed by atoms with Gasteiger partial charge in [0.05, 0.1) is 12.8 Å². The van der Waals surface area contributed by atoms with Gasteiger partial charge in [-0.05, 0) is 30.7 Å². The van der Waals surface area contributed by atoms with E-state index in [0.717, 1.165) is 11.5 Å². The summed E-state index contributed by atoms with van der Waals surface area (Å²) in [6.07, 6.45) is 0.831. The first-order chi connectivity index (χ1) is 11.3. The minimum Gasteiger partial charge on any atom is -0.495 e. The van der Waals surface area contributed by atoms with Crippen LogP contribution in [-0.2, 0) is 4.79 Å². The molecule has 1 aliphatic heterocycles. The van der Waals surface area contributed by atoms with Crippen molar-refractivity contribution in [3.63, 3.8) is 0 Å². The second-order valence-corrected chi connectivity index (χ2v) is 5.28. The van der Waals surface area contributed by atoms with Gasteiger partial charge in [-0.2, -0.15) is 0 Å². The predicted molar refractivity (Wildman–Crippen MR) is 87.2 cm³/mol. The molecule has 0 spiro atoms. The monoisotopic (exact) mass is 313 g/mol.